The smallest absolute Gasteiger partial charge is 0.290 e. The molecule has 0 saturated heterocycles. The molecule has 154 valence electrons. The second kappa shape index (κ2) is 8.04. The number of phenolic OH excluding ortho intramolecular Hbond substituents is 1. The number of hydrogen-bond acceptors (Lipinski definition) is 6. The number of hydrogen-bond donors (Lipinski definition) is 2. The van der Waals surface area contributed by atoms with Gasteiger partial charge in [-0.05, 0) is 36.2 Å². The first kappa shape index (κ1) is 19.7. The number of aliphatic hydroxyl groups is 1. The fourth-order valence-corrected chi connectivity index (χ4v) is 3.76. The summed E-state index contributed by atoms with van der Waals surface area (Å²) in [5.74, 6) is -1.78. The second-order valence-corrected chi connectivity index (χ2v) is 7.08. The lowest BCUT2D eigenvalue weighted by atomic mass is 9.94. The molecule has 1 aromatic heterocycles. The van der Waals surface area contributed by atoms with E-state index in [4.69, 9.17) is 9.15 Å². The summed E-state index contributed by atoms with van der Waals surface area (Å²) < 4.78 is 10.7. The quantitative estimate of drug-likeness (QED) is 0.457. The molecule has 7 heteroatoms. The number of furan rings is 1. The number of amides is 1. The number of carbonyl (C=O) groups is 2. The van der Waals surface area contributed by atoms with Gasteiger partial charge in [0.15, 0.2) is 11.5 Å². The molecule has 7 nitrogen and oxygen atoms in total. The maximum absolute atomic E-state index is 13.3. The Morgan fingerprint density at radius 3 is 2.67 bits per heavy atom. The topological polar surface area (TPSA) is 100 Å². The predicted octanol–water partition coefficient (Wildman–Crippen LogP) is 3.75. The molecular weight excluding hydrogens is 386 g/mol. The minimum Gasteiger partial charge on any atom is -0.508 e. The SMILES string of the molecule is COCCCN1C(=O)C(O)=C(C(=O)c2cc3ccccc3o2)C1c1cccc(O)c1. The van der Waals surface area contributed by atoms with E-state index in [1.54, 1.807) is 37.4 Å². The predicted molar refractivity (Wildman–Crippen MR) is 109 cm³/mol. The van der Waals surface area contributed by atoms with Crippen LogP contribution in [0.5, 0.6) is 5.75 Å². The number of nitrogens with zero attached hydrogens (tertiary/aromatic N) is 1. The number of Topliss-reactive ketones (excluding diaryl/α,β-unsaturated/α-hetero) is 1. The van der Waals surface area contributed by atoms with Crippen LogP contribution in [0, 0.1) is 0 Å². The lowest BCUT2D eigenvalue weighted by molar-refractivity contribution is -0.129. The van der Waals surface area contributed by atoms with E-state index in [2.05, 4.69) is 0 Å². The van der Waals surface area contributed by atoms with E-state index in [9.17, 15) is 19.8 Å². The average Bonchev–Trinajstić information content (AvgIpc) is 3.28. The highest BCUT2D eigenvalue weighted by atomic mass is 16.5. The van der Waals surface area contributed by atoms with Gasteiger partial charge >= 0.3 is 0 Å². The first-order valence-electron chi connectivity index (χ1n) is 9.56. The molecule has 2 N–H and O–H groups in total. The van der Waals surface area contributed by atoms with Gasteiger partial charge in [0.2, 0.25) is 5.78 Å². The molecular formula is C23H21NO6. The largest absolute Gasteiger partial charge is 0.508 e. The van der Waals surface area contributed by atoms with Crippen LogP contribution in [0.3, 0.4) is 0 Å². The van der Waals surface area contributed by atoms with Crippen LogP contribution < -0.4 is 0 Å². The number of carbonyl (C=O) groups excluding carboxylic acids is 2. The minimum absolute atomic E-state index is 0.00119. The number of phenols is 1. The molecule has 3 aromatic rings. The third-order valence-electron chi connectivity index (χ3n) is 5.13. The van der Waals surface area contributed by atoms with Gasteiger partial charge in [-0.25, -0.2) is 0 Å². The minimum atomic E-state index is -0.845. The van der Waals surface area contributed by atoms with Gasteiger partial charge in [0, 0.05) is 25.6 Å². The van der Waals surface area contributed by atoms with Crippen molar-refractivity contribution < 1.29 is 29.0 Å². The van der Waals surface area contributed by atoms with Crippen molar-refractivity contribution in [3.05, 3.63) is 77.3 Å². The Hall–Kier alpha value is -3.58. The Kier molecular flexibility index (Phi) is 5.29. The van der Waals surface area contributed by atoms with Gasteiger partial charge in [-0.15, -0.1) is 0 Å². The van der Waals surface area contributed by atoms with Crippen LogP contribution in [0.25, 0.3) is 11.0 Å². The molecule has 0 saturated carbocycles. The van der Waals surface area contributed by atoms with E-state index < -0.39 is 23.5 Å². The fourth-order valence-electron chi connectivity index (χ4n) is 3.76. The second-order valence-electron chi connectivity index (χ2n) is 7.08. The van der Waals surface area contributed by atoms with Crippen molar-refractivity contribution >= 4 is 22.7 Å². The Morgan fingerprint density at radius 2 is 1.93 bits per heavy atom. The molecule has 1 aliphatic heterocycles. The first-order valence-corrected chi connectivity index (χ1v) is 9.56. The third kappa shape index (κ3) is 3.44. The molecule has 0 aliphatic carbocycles. The Bertz CT molecular complexity index is 1110. The summed E-state index contributed by atoms with van der Waals surface area (Å²) in [6.45, 7) is 0.693. The van der Waals surface area contributed by atoms with Crippen LogP contribution in [0.2, 0.25) is 0 Å². The molecule has 30 heavy (non-hydrogen) atoms. The molecule has 0 spiro atoms. The van der Waals surface area contributed by atoms with E-state index in [-0.39, 0.29) is 23.6 Å². The Labute approximate surface area is 172 Å². The van der Waals surface area contributed by atoms with Crippen molar-refractivity contribution in [1.82, 2.24) is 4.90 Å². The molecule has 0 bridgehead atoms. The van der Waals surface area contributed by atoms with Crippen molar-refractivity contribution in [2.45, 2.75) is 12.5 Å². The monoisotopic (exact) mass is 407 g/mol. The van der Waals surface area contributed by atoms with Crippen LogP contribution in [-0.2, 0) is 9.53 Å². The molecule has 1 amide bonds. The van der Waals surface area contributed by atoms with E-state index in [0.717, 1.165) is 5.39 Å². The van der Waals surface area contributed by atoms with Crippen molar-refractivity contribution in [3.8, 4) is 5.75 Å². The van der Waals surface area contributed by atoms with Crippen molar-refractivity contribution in [3.63, 3.8) is 0 Å². The van der Waals surface area contributed by atoms with Crippen LogP contribution in [0.15, 0.2) is 70.3 Å². The van der Waals surface area contributed by atoms with Crippen molar-refractivity contribution in [2.24, 2.45) is 0 Å². The number of methoxy groups -OCH3 is 1. The highest BCUT2D eigenvalue weighted by molar-refractivity contribution is 6.16. The van der Waals surface area contributed by atoms with E-state index in [1.165, 1.54) is 17.0 Å². The zero-order valence-corrected chi connectivity index (χ0v) is 16.4. The van der Waals surface area contributed by atoms with Gasteiger partial charge in [0.05, 0.1) is 11.6 Å². The van der Waals surface area contributed by atoms with E-state index in [0.29, 0.717) is 24.2 Å². The van der Waals surface area contributed by atoms with E-state index in [1.807, 2.05) is 12.1 Å². The summed E-state index contributed by atoms with van der Waals surface area (Å²) in [6.07, 6.45) is 0.525. The zero-order chi connectivity index (χ0) is 21.3. The number of aromatic hydroxyl groups is 1. The normalized spacial score (nSPS) is 16.6. The van der Waals surface area contributed by atoms with Crippen LogP contribution in [0.1, 0.15) is 28.6 Å². The summed E-state index contributed by atoms with van der Waals surface area (Å²) in [6, 6.07) is 14.2. The lowest BCUT2D eigenvalue weighted by Gasteiger charge is -2.26. The van der Waals surface area contributed by atoms with Gasteiger partial charge in [0.1, 0.15) is 11.3 Å². The van der Waals surface area contributed by atoms with Crippen LogP contribution >= 0.6 is 0 Å². The number of ketones is 1. The summed E-state index contributed by atoms with van der Waals surface area (Å²) in [5, 5.41) is 21.3. The lowest BCUT2D eigenvalue weighted by Crippen LogP contribution is -2.32. The summed E-state index contributed by atoms with van der Waals surface area (Å²) in [5.41, 5.74) is 0.988. The van der Waals surface area contributed by atoms with Crippen molar-refractivity contribution in [2.75, 3.05) is 20.3 Å². The van der Waals surface area contributed by atoms with Gasteiger partial charge in [-0.3, -0.25) is 9.59 Å². The molecule has 0 fully saturated rings. The maximum atomic E-state index is 13.3. The van der Waals surface area contributed by atoms with Crippen molar-refractivity contribution in [1.29, 1.82) is 0 Å². The Balaban J connectivity index is 1.77. The highest BCUT2D eigenvalue weighted by Gasteiger charge is 2.44. The number of ether oxygens (including phenoxy) is 1. The maximum Gasteiger partial charge on any atom is 0.290 e. The molecule has 1 aliphatic rings. The van der Waals surface area contributed by atoms with Gasteiger partial charge in [-0.1, -0.05) is 30.3 Å². The third-order valence-corrected chi connectivity index (χ3v) is 5.13. The Morgan fingerprint density at radius 1 is 1.13 bits per heavy atom. The average molecular weight is 407 g/mol. The van der Waals surface area contributed by atoms with E-state index >= 15 is 0 Å². The molecule has 2 aromatic carbocycles. The summed E-state index contributed by atoms with van der Waals surface area (Å²) in [7, 11) is 1.56. The first-order chi connectivity index (χ1) is 14.5. The van der Waals surface area contributed by atoms with Gasteiger partial charge in [-0.2, -0.15) is 0 Å². The van der Waals surface area contributed by atoms with Crippen LogP contribution in [-0.4, -0.2) is 47.1 Å². The fraction of sp³-hybridized carbons (Fsp3) is 0.217. The number of fused-ring (bicyclic) bond motifs is 1. The molecule has 1 atom stereocenters. The molecule has 4 rings (SSSR count). The summed E-state index contributed by atoms with van der Waals surface area (Å²) >= 11 is 0. The zero-order valence-electron chi connectivity index (χ0n) is 16.4. The number of para-hydroxylation sites is 1. The summed E-state index contributed by atoms with van der Waals surface area (Å²) in [4.78, 5) is 27.6. The van der Waals surface area contributed by atoms with Gasteiger partial charge < -0.3 is 24.3 Å². The van der Waals surface area contributed by atoms with Crippen LogP contribution in [0.4, 0.5) is 0 Å². The molecule has 1 unspecified atom stereocenters. The number of rotatable bonds is 7. The highest BCUT2D eigenvalue weighted by Crippen LogP contribution is 2.40. The standard InChI is InChI=1S/C23H21NO6/c1-29-11-5-10-24-20(15-7-4-8-16(25)12-15)19(22(27)23(24)28)21(26)18-13-14-6-2-3-9-17(14)30-18/h2-4,6-9,12-13,20,25,27H,5,10-11H2,1H3. The number of aliphatic hydroxyl groups excluding tert-OH is 1. The molecule has 2 heterocycles. The molecule has 0 radical (unpaired) electrons. The number of benzene rings is 2. The van der Waals surface area contributed by atoms with Gasteiger partial charge in [0.25, 0.3) is 5.91 Å².